The van der Waals surface area contributed by atoms with Gasteiger partial charge in [0.2, 0.25) is 0 Å². The Labute approximate surface area is 98.4 Å². The predicted molar refractivity (Wildman–Crippen MR) is 61.7 cm³/mol. The van der Waals surface area contributed by atoms with Crippen LogP contribution < -0.4 is 5.32 Å². The van der Waals surface area contributed by atoms with Crippen LogP contribution in [0.1, 0.15) is 23.7 Å². The summed E-state index contributed by atoms with van der Waals surface area (Å²) in [6, 6.07) is 5.14. The molecule has 0 saturated carbocycles. The fraction of sp³-hybridized carbons (Fsp3) is 0.364. The van der Waals surface area contributed by atoms with Crippen LogP contribution in [-0.2, 0) is 0 Å². The second-order valence-corrected chi connectivity index (χ2v) is 3.57. The monoisotopic (exact) mass is 238 g/mol. The van der Waals surface area contributed by atoms with E-state index in [0.29, 0.717) is 6.42 Å². The number of carbonyl (C=O) groups excluding carboxylic acids is 1. The summed E-state index contributed by atoms with van der Waals surface area (Å²) in [4.78, 5) is 21.7. The van der Waals surface area contributed by atoms with Crippen molar-refractivity contribution in [3.05, 3.63) is 39.9 Å². The number of nitrogens with zero attached hydrogens (tertiary/aromatic N) is 1. The molecule has 0 bridgehead atoms. The number of hydrogen-bond acceptors (Lipinski definition) is 4. The third kappa shape index (κ3) is 3.53. The molecule has 1 rings (SSSR count). The molecule has 1 unspecified atom stereocenters. The molecule has 1 atom stereocenters. The molecule has 17 heavy (non-hydrogen) atoms. The Morgan fingerprint density at radius 2 is 2.29 bits per heavy atom. The first-order valence-corrected chi connectivity index (χ1v) is 5.24. The largest absolute Gasteiger partial charge is 0.394 e. The molecule has 0 heterocycles. The quantitative estimate of drug-likeness (QED) is 0.593. The molecule has 1 aromatic rings. The normalized spacial score (nSPS) is 11.9. The summed E-state index contributed by atoms with van der Waals surface area (Å²) in [6.07, 6.45) is 0.594. The summed E-state index contributed by atoms with van der Waals surface area (Å²) in [6.45, 7) is 1.67. The van der Waals surface area contributed by atoms with Crippen molar-refractivity contribution in [1.29, 1.82) is 0 Å². The molecule has 0 saturated heterocycles. The van der Waals surface area contributed by atoms with Crippen molar-refractivity contribution in [1.82, 2.24) is 5.32 Å². The van der Waals surface area contributed by atoms with E-state index in [4.69, 9.17) is 5.11 Å². The van der Waals surface area contributed by atoms with Crippen LogP contribution in [0.4, 0.5) is 5.69 Å². The van der Waals surface area contributed by atoms with E-state index in [9.17, 15) is 14.9 Å². The molecule has 92 valence electrons. The van der Waals surface area contributed by atoms with Gasteiger partial charge in [-0.25, -0.2) is 0 Å². The maximum Gasteiger partial charge on any atom is 0.270 e. The highest BCUT2D eigenvalue weighted by molar-refractivity contribution is 5.94. The van der Waals surface area contributed by atoms with Crippen molar-refractivity contribution in [3.63, 3.8) is 0 Å². The van der Waals surface area contributed by atoms with Crippen molar-refractivity contribution < 1.29 is 14.8 Å². The van der Waals surface area contributed by atoms with E-state index < -0.39 is 10.8 Å². The lowest BCUT2D eigenvalue weighted by atomic mass is 10.1. The van der Waals surface area contributed by atoms with E-state index in [1.165, 1.54) is 24.3 Å². The minimum Gasteiger partial charge on any atom is -0.394 e. The number of nitrogens with one attached hydrogen (secondary N) is 1. The third-order valence-electron chi connectivity index (χ3n) is 2.37. The van der Waals surface area contributed by atoms with Gasteiger partial charge >= 0.3 is 0 Å². The average Bonchev–Trinajstić information content (AvgIpc) is 2.35. The van der Waals surface area contributed by atoms with Crippen molar-refractivity contribution in [2.45, 2.75) is 19.4 Å². The number of nitro benzene ring substituents is 1. The standard InChI is InChI=1S/C11H14N2O4/c1-2-9(7-14)12-11(15)8-4-3-5-10(6-8)13(16)17/h3-6,9,14H,2,7H2,1H3,(H,12,15). The Morgan fingerprint density at radius 1 is 1.59 bits per heavy atom. The number of benzene rings is 1. The van der Waals surface area contributed by atoms with Gasteiger partial charge in [-0.2, -0.15) is 0 Å². The van der Waals surface area contributed by atoms with E-state index in [-0.39, 0.29) is 23.9 Å². The molecule has 0 aromatic heterocycles. The summed E-state index contributed by atoms with van der Waals surface area (Å²) in [7, 11) is 0. The van der Waals surface area contributed by atoms with Crippen LogP contribution in [-0.4, -0.2) is 28.6 Å². The highest BCUT2D eigenvalue weighted by atomic mass is 16.6. The zero-order valence-corrected chi connectivity index (χ0v) is 9.42. The SMILES string of the molecule is CCC(CO)NC(=O)c1cccc([N+](=O)[O-])c1. The molecular weight excluding hydrogens is 224 g/mol. The number of carbonyl (C=O) groups is 1. The molecule has 6 nitrogen and oxygen atoms in total. The molecule has 0 aliphatic heterocycles. The number of amides is 1. The van der Waals surface area contributed by atoms with E-state index in [1.54, 1.807) is 0 Å². The van der Waals surface area contributed by atoms with Gasteiger partial charge in [0.25, 0.3) is 11.6 Å². The van der Waals surface area contributed by atoms with Gasteiger partial charge in [0.05, 0.1) is 17.6 Å². The lowest BCUT2D eigenvalue weighted by Gasteiger charge is -2.13. The van der Waals surface area contributed by atoms with Gasteiger partial charge in [0, 0.05) is 17.7 Å². The van der Waals surface area contributed by atoms with Gasteiger partial charge < -0.3 is 10.4 Å². The summed E-state index contributed by atoms with van der Waals surface area (Å²) in [5.74, 6) is -0.422. The van der Waals surface area contributed by atoms with Crippen LogP contribution in [0.25, 0.3) is 0 Å². The minimum absolute atomic E-state index is 0.130. The van der Waals surface area contributed by atoms with Gasteiger partial charge in [-0.3, -0.25) is 14.9 Å². The molecule has 1 aromatic carbocycles. The molecule has 0 radical (unpaired) electrons. The summed E-state index contributed by atoms with van der Waals surface area (Å²) < 4.78 is 0. The molecule has 0 aliphatic rings. The maximum atomic E-state index is 11.7. The first-order valence-electron chi connectivity index (χ1n) is 5.24. The number of aliphatic hydroxyl groups excluding tert-OH is 1. The van der Waals surface area contributed by atoms with Gasteiger partial charge in [-0.05, 0) is 12.5 Å². The number of hydrogen-bond donors (Lipinski definition) is 2. The van der Waals surface area contributed by atoms with E-state index in [2.05, 4.69) is 5.32 Å². The van der Waals surface area contributed by atoms with Crippen molar-refractivity contribution in [3.8, 4) is 0 Å². The topological polar surface area (TPSA) is 92.5 Å². The number of rotatable bonds is 5. The molecular formula is C11H14N2O4. The van der Waals surface area contributed by atoms with Crippen LogP contribution in [0.3, 0.4) is 0 Å². The van der Waals surface area contributed by atoms with E-state index in [1.807, 2.05) is 6.92 Å². The average molecular weight is 238 g/mol. The molecule has 0 spiro atoms. The lowest BCUT2D eigenvalue weighted by Crippen LogP contribution is -2.36. The van der Waals surface area contributed by atoms with Gasteiger partial charge in [-0.15, -0.1) is 0 Å². The number of non-ortho nitro benzene ring substituents is 1. The van der Waals surface area contributed by atoms with Crippen LogP contribution in [0, 0.1) is 10.1 Å². The van der Waals surface area contributed by atoms with Crippen LogP contribution in [0.5, 0.6) is 0 Å². The Morgan fingerprint density at radius 3 is 2.82 bits per heavy atom. The predicted octanol–water partition coefficient (Wildman–Crippen LogP) is 1.10. The Balaban J connectivity index is 2.82. The second-order valence-electron chi connectivity index (χ2n) is 3.57. The molecule has 0 fully saturated rings. The molecule has 1 amide bonds. The third-order valence-corrected chi connectivity index (χ3v) is 2.37. The maximum absolute atomic E-state index is 11.7. The summed E-state index contributed by atoms with van der Waals surface area (Å²) in [5, 5.41) is 22.1. The fourth-order valence-electron chi connectivity index (χ4n) is 1.31. The van der Waals surface area contributed by atoms with Crippen molar-refractivity contribution in [2.75, 3.05) is 6.61 Å². The minimum atomic E-state index is -0.555. The number of nitro groups is 1. The molecule has 6 heteroatoms. The second kappa shape index (κ2) is 5.95. The van der Waals surface area contributed by atoms with Crippen LogP contribution in [0.15, 0.2) is 24.3 Å². The number of aliphatic hydroxyl groups is 1. The van der Waals surface area contributed by atoms with Crippen molar-refractivity contribution in [2.24, 2.45) is 0 Å². The Kier molecular flexibility index (Phi) is 4.59. The smallest absolute Gasteiger partial charge is 0.270 e. The highest BCUT2D eigenvalue weighted by Crippen LogP contribution is 2.13. The fourth-order valence-corrected chi connectivity index (χ4v) is 1.31. The van der Waals surface area contributed by atoms with E-state index >= 15 is 0 Å². The van der Waals surface area contributed by atoms with Gasteiger partial charge in [-0.1, -0.05) is 13.0 Å². The van der Waals surface area contributed by atoms with Gasteiger partial charge in [0.1, 0.15) is 0 Å². The zero-order chi connectivity index (χ0) is 12.8. The summed E-state index contributed by atoms with van der Waals surface area (Å²) >= 11 is 0. The first-order chi connectivity index (χ1) is 8.08. The highest BCUT2D eigenvalue weighted by Gasteiger charge is 2.14. The lowest BCUT2D eigenvalue weighted by molar-refractivity contribution is -0.384. The first kappa shape index (κ1) is 13.1. The Hall–Kier alpha value is -1.95. The molecule has 0 aliphatic carbocycles. The van der Waals surface area contributed by atoms with Crippen LogP contribution in [0.2, 0.25) is 0 Å². The van der Waals surface area contributed by atoms with Crippen LogP contribution >= 0.6 is 0 Å². The molecule has 2 N–H and O–H groups in total. The van der Waals surface area contributed by atoms with Crippen molar-refractivity contribution >= 4 is 11.6 Å². The zero-order valence-electron chi connectivity index (χ0n) is 9.42. The Bertz CT molecular complexity index is 416. The van der Waals surface area contributed by atoms with E-state index in [0.717, 1.165) is 0 Å². The summed E-state index contributed by atoms with van der Waals surface area (Å²) in [5.41, 5.74) is 0.0841. The van der Waals surface area contributed by atoms with Gasteiger partial charge in [0.15, 0.2) is 0 Å².